The Morgan fingerprint density at radius 2 is 1.69 bits per heavy atom. The average molecular weight is 181 g/mol. The van der Waals surface area contributed by atoms with Gasteiger partial charge in [-0.25, -0.2) is 0 Å². The number of hydrogen-bond donors (Lipinski definition) is 1. The summed E-state index contributed by atoms with van der Waals surface area (Å²) in [5, 5.41) is 0. The van der Waals surface area contributed by atoms with Gasteiger partial charge in [0.15, 0.2) is 0 Å². The SMILES string of the molecule is CC(C)C1CCC2(CC1)CC(N)C2. The lowest BCUT2D eigenvalue weighted by Gasteiger charge is -2.51. The van der Waals surface area contributed by atoms with E-state index in [2.05, 4.69) is 13.8 Å². The number of rotatable bonds is 1. The van der Waals surface area contributed by atoms with Crippen LogP contribution in [-0.2, 0) is 0 Å². The Morgan fingerprint density at radius 3 is 2.08 bits per heavy atom. The Hall–Kier alpha value is -0.0400. The fourth-order valence-electron chi connectivity index (χ4n) is 3.38. The van der Waals surface area contributed by atoms with E-state index in [0.29, 0.717) is 11.5 Å². The van der Waals surface area contributed by atoms with Crippen LogP contribution in [0.5, 0.6) is 0 Å². The molecule has 0 amide bonds. The van der Waals surface area contributed by atoms with Gasteiger partial charge in [-0.1, -0.05) is 13.8 Å². The molecule has 1 spiro atoms. The molecular weight excluding hydrogens is 158 g/mol. The first-order valence-electron chi connectivity index (χ1n) is 5.87. The minimum atomic E-state index is 0.538. The van der Waals surface area contributed by atoms with Gasteiger partial charge in [0.2, 0.25) is 0 Å². The second-order valence-corrected chi connectivity index (χ2v) is 5.75. The van der Waals surface area contributed by atoms with Gasteiger partial charge in [-0.05, 0) is 55.8 Å². The molecule has 2 rings (SSSR count). The topological polar surface area (TPSA) is 26.0 Å². The van der Waals surface area contributed by atoms with Crippen LogP contribution < -0.4 is 5.73 Å². The standard InChI is InChI=1S/C12H23N/c1-9(2)10-3-5-12(6-4-10)7-11(13)8-12/h9-11H,3-8,13H2,1-2H3. The van der Waals surface area contributed by atoms with Crippen molar-refractivity contribution in [3.05, 3.63) is 0 Å². The lowest BCUT2D eigenvalue weighted by atomic mass is 9.56. The fraction of sp³-hybridized carbons (Fsp3) is 1.00. The molecule has 2 aliphatic carbocycles. The van der Waals surface area contributed by atoms with Gasteiger partial charge < -0.3 is 5.73 Å². The molecule has 2 saturated carbocycles. The number of nitrogens with two attached hydrogens (primary N) is 1. The molecule has 2 aliphatic rings. The molecule has 0 bridgehead atoms. The van der Waals surface area contributed by atoms with Crippen LogP contribution in [-0.4, -0.2) is 6.04 Å². The maximum Gasteiger partial charge on any atom is 0.00494 e. The Bertz CT molecular complexity index is 170. The molecule has 0 aromatic heterocycles. The van der Waals surface area contributed by atoms with Crippen LogP contribution in [0.1, 0.15) is 52.4 Å². The van der Waals surface area contributed by atoms with E-state index in [1.165, 1.54) is 38.5 Å². The summed E-state index contributed by atoms with van der Waals surface area (Å²) in [6.45, 7) is 4.74. The van der Waals surface area contributed by atoms with Crippen molar-refractivity contribution in [3.63, 3.8) is 0 Å². The van der Waals surface area contributed by atoms with Gasteiger partial charge in [-0.2, -0.15) is 0 Å². The van der Waals surface area contributed by atoms with Crippen molar-refractivity contribution < 1.29 is 0 Å². The second kappa shape index (κ2) is 3.27. The van der Waals surface area contributed by atoms with E-state index in [0.717, 1.165) is 11.8 Å². The molecule has 1 nitrogen and oxygen atoms in total. The van der Waals surface area contributed by atoms with E-state index in [9.17, 15) is 0 Å². The summed E-state index contributed by atoms with van der Waals surface area (Å²) >= 11 is 0. The van der Waals surface area contributed by atoms with Gasteiger partial charge in [0.05, 0.1) is 0 Å². The smallest absolute Gasteiger partial charge is 0.00494 e. The highest BCUT2D eigenvalue weighted by molar-refractivity contribution is 4.98. The quantitative estimate of drug-likeness (QED) is 0.661. The van der Waals surface area contributed by atoms with Gasteiger partial charge in [0.1, 0.15) is 0 Å². The first kappa shape index (κ1) is 9.51. The summed E-state index contributed by atoms with van der Waals surface area (Å²) in [7, 11) is 0. The third-order valence-electron chi connectivity index (χ3n) is 4.42. The summed E-state index contributed by atoms with van der Waals surface area (Å²) in [5.74, 6) is 1.90. The molecule has 2 N–H and O–H groups in total. The van der Waals surface area contributed by atoms with Crippen LogP contribution in [0, 0.1) is 17.3 Å². The molecule has 2 fully saturated rings. The van der Waals surface area contributed by atoms with Crippen molar-refractivity contribution in [2.75, 3.05) is 0 Å². The Balaban J connectivity index is 1.83. The zero-order chi connectivity index (χ0) is 9.47. The molecule has 0 saturated heterocycles. The lowest BCUT2D eigenvalue weighted by Crippen LogP contribution is -2.48. The average Bonchev–Trinajstić information content (AvgIpc) is 2.03. The van der Waals surface area contributed by atoms with E-state index in [4.69, 9.17) is 5.73 Å². The Labute approximate surface area is 82.1 Å². The molecular formula is C12H23N. The summed E-state index contributed by atoms with van der Waals surface area (Å²) in [5.41, 5.74) is 6.59. The first-order valence-corrected chi connectivity index (χ1v) is 5.87. The zero-order valence-corrected chi connectivity index (χ0v) is 9.05. The minimum absolute atomic E-state index is 0.538. The third-order valence-corrected chi connectivity index (χ3v) is 4.42. The maximum atomic E-state index is 5.88. The molecule has 0 radical (unpaired) electrons. The molecule has 0 unspecified atom stereocenters. The second-order valence-electron chi connectivity index (χ2n) is 5.75. The summed E-state index contributed by atoms with van der Waals surface area (Å²) in [6.07, 6.45) is 8.48. The van der Waals surface area contributed by atoms with E-state index in [1.54, 1.807) is 0 Å². The Morgan fingerprint density at radius 1 is 1.15 bits per heavy atom. The fourth-order valence-corrected chi connectivity index (χ4v) is 3.38. The van der Waals surface area contributed by atoms with Crippen LogP contribution in [0.4, 0.5) is 0 Å². The third kappa shape index (κ3) is 1.76. The van der Waals surface area contributed by atoms with E-state index >= 15 is 0 Å². The maximum absolute atomic E-state index is 5.88. The minimum Gasteiger partial charge on any atom is -0.328 e. The molecule has 0 aromatic rings. The predicted molar refractivity (Wildman–Crippen MR) is 56.4 cm³/mol. The van der Waals surface area contributed by atoms with E-state index < -0.39 is 0 Å². The van der Waals surface area contributed by atoms with Crippen LogP contribution in [0.25, 0.3) is 0 Å². The zero-order valence-electron chi connectivity index (χ0n) is 9.05. The van der Waals surface area contributed by atoms with Crippen LogP contribution in [0.3, 0.4) is 0 Å². The molecule has 0 atom stereocenters. The van der Waals surface area contributed by atoms with Gasteiger partial charge >= 0.3 is 0 Å². The highest BCUT2D eigenvalue weighted by Gasteiger charge is 2.44. The van der Waals surface area contributed by atoms with Crippen molar-refractivity contribution in [3.8, 4) is 0 Å². The largest absolute Gasteiger partial charge is 0.328 e. The number of hydrogen-bond acceptors (Lipinski definition) is 1. The van der Waals surface area contributed by atoms with Gasteiger partial charge in [0.25, 0.3) is 0 Å². The van der Waals surface area contributed by atoms with E-state index in [-0.39, 0.29) is 0 Å². The molecule has 76 valence electrons. The van der Waals surface area contributed by atoms with Gasteiger partial charge in [0, 0.05) is 6.04 Å². The molecule has 0 aliphatic heterocycles. The summed E-state index contributed by atoms with van der Waals surface area (Å²) in [4.78, 5) is 0. The van der Waals surface area contributed by atoms with Gasteiger partial charge in [-0.3, -0.25) is 0 Å². The summed E-state index contributed by atoms with van der Waals surface area (Å²) in [6, 6.07) is 0.538. The monoisotopic (exact) mass is 181 g/mol. The molecule has 1 heteroatoms. The molecule has 0 aromatic carbocycles. The van der Waals surface area contributed by atoms with Crippen molar-refractivity contribution in [1.29, 1.82) is 0 Å². The molecule has 0 heterocycles. The predicted octanol–water partition coefficient (Wildman–Crippen LogP) is 2.94. The summed E-state index contributed by atoms with van der Waals surface area (Å²) < 4.78 is 0. The highest BCUT2D eigenvalue weighted by Crippen LogP contribution is 2.52. The van der Waals surface area contributed by atoms with Crippen molar-refractivity contribution in [2.24, 2.45) is 23.0 Å². The van der Waals surface area contributed by atoms with E-state index in [1.807, 2.05) is 0 Å². The van der Waals surface area contributed by atoms with Crippen LogP contribution in [0.2, 0.25) is 0 Å². The van der Waals surface area contributed by atoms with Crippen LogP contribution >= 0.6 is 0 Å². The molecule has 13 heavy (non-hydrogen) atoms. The lowest BCUT2D eigenvalue weighted by molar-refractivity contribution is 0.0275. The first-order chi connectivity index (χ1) is 6.11. The van der Waals surface area contributed by atoms with Gasteiger partial charge in [-0.15, -0.1) is 0 Å². The highest BCUT2D eigenvalue weighted by atomic mass is 14.7. The Kier molecular flexibility index (Phi) is 2.39. The van der Waals surface area contributed by atoms with Crippen molar-refractivity contribution in [1.82, 2.24) is 0 Å². The van der Waals surface area contributed by atoms with Crippen molar-refractivity contribution >= 4 is 0 Å². The van der Waals surface area contributed by atoms with Crippen LogP contribution in [0.15, 0.2) is 0 Å². The van der Waals surface area contributed by atoms with Crippen molar-refractivity contribution in [2.45, 2.75) is 58.4 Å². The normalized spacial score (nSPS) is 45.2.